The van der Waals surface area contributed by atoms with Gasteiger partial charge in [0.05, 0.1) is 7.11 Å². The van der Waals surface area contributed by atoms with Crippen molar-refractivity contribution in [1.82, 2.24) is 10.3 Å². The molecule has 0 bridgehead atoms. The van der Waals surface area contributed by atoms with Crippen molar-refractivity contribution >= 4 is 17.0 Å². The molecule has 1 aromatic heterocycles. The Morgan fingerprint density at radius 3 is 3.06 bits per heavy atom. The molecule has 2 rings (SSSR count). The van der Waals surface area contributed by atoms with Crippen LogP contribution in [0.5, 0.6) is 5.75 Å². The number of hydrogen-bond acceptors (Lipinski definition) is 2. The molecule has 17 heavy (non-hydrogen) atoms. The minimum Gasteiger partial charge on any atom is -0.496 e. The Kier molecular flexibility index (Phi) is 3.18. The Bertz CT molecular complexity index is 534. The van der Waals surface area contributed by atoms with Crippen LogP contribution in [0.1, 0.15) is 5.56 Å². The van der Waals surface area contributed by atoms with Crippen LogP contribution in [0.2, 0.25) is 0 Å². The normalized spacial score (nSPS) is 10.4. The van der Waals surface area contributed by atoms with Crippen molar-refractivity contribution in [2.45, 2.75) is 6.42 Å². The van der Waals surface area contributed by atoms with Crippen molar-refractivity contribution in [2.75, 3.05) is 13.7 Å². The number of carboxylic acid groups (broad SMARTS) is 1. The molecule has 1 amide bonds. The average Bonchev–Trinajstić information content (AvgIpc) is 2.72. The van der Waals surface area contributed by atoms with Crippen molar-refractivity contribution in [1.29, 1.82) is 0 Å². The Hall–Kier alpha value is -2.17. The first-order chi connectivity index (χ1) is 8.22. The van der Waals surface area contributed by atoms with Crippen LogP contribution in [0.4, 0.5) is 4.79 Å². The highest BCUT2D eigenvalue weighted by Crippen LogP contribution is 2.28. The van der Waals surface area contributed by atoms with E-state index in [1.807, 2.05) is 24.4 Å². The monoisotopic (exact) mass is 234 g/mol. The molecule has 1 aromatic carbocycles. The fourth-order valence-electron chi connectivity index (χ4n) is 1.89. The van der Waals surface area contributed by atoms with Gasteiger partial charge in [0.15, 0.2) is 0 Å². The van der Waals surface area contributed by atoms with Crippen molar-refractivity contribution in [3.8, 4) is 5.75 Å². The van der Waals surface area contributed by atoms with Crippen LogP contribution >= 0.6 is 0 Å². The third-order valence-corrected chi connectivity index (χ3v) is 2.64. The molecule has 0 aliphatic carbocycles. The number of aromatic amines is 1. The third kappa shape index (κ3) is 2.33. The predicted molar refractivity (Wildman–Crippen MR) is 64.6 cm³/mol. The van der Waals surface area contributed by atoms with E-state index in [2.05, 4.69) is 10.3 Å². The number of fused-ring (bicyclic) bond motifs is 1. The van der Waals surface area contributed by atoms with Gasteiger partial charge in [0.2, 0.25) is 0 Å². The maximum absolute atomic E-state index is 10.4. The van der Waals surface area contributed by atoms with Crippen molar-refractivity contribution < 1.29 is 14.6 Å². The molecule has 5 heteroatoms. The summed E-state index contributed by atoms with van der Waals surface area (Å²) >= 11 is 0. The lowest BCUT2D eigenvalue weighted by molar-refractivity contribution is 0.194. The first-order valence-electron chi connectivity index (χ1n) is 5.32. The summed E-state index contributed by atoms with van der Waals surface area (Å²) in [6, 6.07) is 5.77. The minimum atomic E-state index is -1.00. The van der Waals surface area contributed by atoms with Gasteiger partial charge in [0.1, 0.15) is 5.75 Å². The van der Waals surface area contributed by atoms with Gasteiger partial charge in [-0.05, 0) is 24.1 Å². The minimum absolute atomic E-state index is 0.389. The van der Waals surface area contributed by atoms with E-state index in [0.717, 1.165) is 22.2 Å². The lowest BCUT2D eigenvalue weighted by Crippen LogP contribution is -2.23. The van der Waals surface area contributed by atoms with E-state index >= 15 is 0 Å². The van der Waals surface area contributed by atoms with Gasteiger partial charge in [0, 0.05) is 23.6 Å². The zero-order chi connectivity index (χ0) is 12.3. The number of aromatic nitrogens is 1. The van der Waals surface area contributed by atoms with E-state index in [1.54, 1.807) is 7.11 Å². The SMILES string of the molecule is COc1cccc2[nH]cc(CCNC(=O)O)c12. The number of carbonyl (C=O) groups is 1. The largest absolute Gasteiger partial charge is 0.496 e. The molecule has 3 N–H and O–H groups in total. The lowest BCUT2D eigenvalue weighted by atomic mass is 10.1. The summed E-state index contributed by atoms with van der Waals surface area (Å²) in [6.45, 7) is 0.389. The average molecular weight is 234 g/mol. The molecule has 1 heterocycles. The van der Waals surface area contributed by atoms with Crippen molar-refractivity contribution in [2.24, 2.45) is 0 Å². The summed E-state index contributed by atoms with van der Waals surface area (Å²) < 4.78 is 5.30. The van der Waals surface area contributed by atoms with E-state index in [1.165, 1.54) is 0 Å². The fraction of sp³-hybridized carbons (Fsp3) is 0.250. The smallest absolute Gasteiger partial charge is 0.404 e. The summed E-state index contributed by atoms with van der Waals surface area (Å²) in [6.07, 6.45) is 1.51. The van der Waals surface area contributed by atoms with Gasteiger partial charge in [-0.1, -0.05) is 6.07 Å². The van der Waals surface area contributed by atoms with Gasteiger partial charge in [0.25, 0.3) is 0 Å². The highest BCUT2D eigenvalue weighted by molar-refractivity contribution is 5.89. The molecular formula is C12H14N2O3. The maximum atomic E-state index is 10.4. The molecule has 2 aromatic rings. The number of H-pyrrole nitrogens is 1. The number of benzene rings is 1. The number of nitrogens with one attached hydrogen (secondary N) is 2. The quantitative estimate of drug-likeness (QED) is 0.757. The Morgan fingerprint density at radius 1 is 1.53 bits per heavy atom. The Labute approximate surface area is 98.4 Å². The molecule has 0 spiro atoms. The zero-order valence-corrected chi connectivity index (χ0v) is 9.49. The van der Waals surface area contributed by atoms with Crippen molar-refractivity contribution in [3.05, 3.63) is 30.0 Å². The number of rotatable bonds is 4. The van der Waals surface area contributed by atoms with Crippen molar-refractivity contribution in [3.63, 3.8) is 0 Å². The molecule has 0 saturated carbocycles. The number of ether oxygens (including phenoxy) is 1. The van der Waals surface area contributed by atoms with Gasteiger partial charge < -0.3 is 20.1 Å². The van der Waals surface area contributed by atoms with Crippen LogP contribution < -0.4 is 10.1 Å². The molecule has 5 nitrogen and oxygen atoms in total. The first-order valence-corrected chi connectivity index (χ1v) is 5.32. The molecule has 90 valence electrons. The van der Waals surface area contributed by atoms with E-state index in [-0.39, 0.29) is 0 Å². The molecular weight excluding hydrogens is 220 g/mol. The predicted octanol–water partition coefficient (Wildman–Crippen LogP) is 1.99. The number of hydrogen-bond donors (Lipinski definition) is 3. The Balaban J connectivity index is 2.25. The van der Waals surface area contributed by atoms with Gasteiger partial charge in [-0.2, -0.15) is 0 Å². The second-order valence-corrected chi connectivity index (χ2v) is 3.68. The second-order valence-electron chi connectivity index (χ2n) is 3.68. The molecule has 0 unspecified atom stereocenters. The topological polar surface area (TPSA) is 74.3 Å². The molecule has 0 saturated heterocycles. The summed E-state index contributed by atoms with van der Waals surface area (Å²) in [5.41, 5.74) is 2.04. The summed E-state index contributed by atoms with van der Waals surface area (Å²) in [5, 5.41) is 11.9. The summed E-state index contributed by atoms with van der Waals surface area (Å²) in [5.74, 6) is 0.800. The van der Waals surface area contributed by atoms with Crippen LogP contribution in [0, 0.1) is 0 Å². The van der Waals surface area contributed by atoms with Gasteiger partial charge in [-0.15, -0.1) is 0 Å². The molecule has 0 aliphatic heterocycles. The second kappa shape index (κ2) is 4.78. The van der Waals surface area contributed by atoms with Crippen LogP contribution in [0.15, 0.2) is 24.4 Å². The third-order valence-electron chi connectivity index (χ3n) is 2.64. The van der Waals surface area contributed by atoms with Crippen LogP contribution in [0.3, 0.4) is 0 Å². The fourth-order valence-corrected chi connectivity index (χ4v) is 1.89. The van der Waals surface area contributed by atoms with E-state index in [9.17, 15) is 4.79 Å². The van der Waals surface area contributed by atoms with Gasteiger partial charge in [-0.25, -0.2) is 4.79 Å². The molecule has 0 radical (unpaired) electrons. The summed E-state index contributed by atoms with van der Waals surface area (Å²) in [7, 11) is 1.63. The summed E-state index contributed by atoms with van der Waals surface area (Å²) in [4.78, 5) is 13.5. The van der Waals surface area contributed by atoms with E-state index in [0.29, 0.717) is 13.0 Å². The zero-order valence-electron chi connectivity index (χ0n) is 9.49. The molecule has 0 atom stereocenters. The lowest BCUT2D eigenvalue weighted by Gasteiger charge is -2.04. The molecule has 0 fully saturated rings. The van der Waals surface area contributed by atoms with Crippen LogP contribution in [-0.2, 0) is 6.42 Å². The first kappa shape index (κ1) is 11.3. The van der Waals surface area contributed by atoms with E-state index in [4.69, 9.17) is 9.84 Å². The maximum Gasteiger partial charge on any atom is 0.404 e. The highest BCUT2D eigenvalue weighted by Gasteiger charge is 2.08. The number of methoxy groups -OCH3 is 1. The Morgan fingerprint density at radius 2 is 2.35 bits per heavy atom. The van der Waals surface area contributed by atoms with E-state index < -0.39 is 6.09 Å². The van der Waals surface area contributed by atoms with Crippen LogP contribution in [-0.4, -0.2) is 29.8 Å². The van der Waals surface area contributed by atoms with Crippen LogP contribution in [0.25, 0.3) is 10.9 Å². The van der Waals surface area contributed by atoms with Gasteiger partial charge >= 0.3 is 6.09 Å². The van der Waals surface area contributed by atoms with Gasteiger partial charge in [-0.3, -0.25) is 0 Å². The highest BCUT2D eigenvalue weighted by atomic mass is 16.5. The standard InChI is InChI=1S/C12H14N2O3/c1-17-10-4-2-3-9-11(10)8(7-14-9)5-6-13-12(15)16/h2-4,7,13-14H,5-6H2,1H3,(H,15,16). The number of amides is 1. The molecule has 0 aliphatic rings.